The maximum Gasteiger partial charge on any atom is 0.284 e. The molecule has 1 saturated heterocycles. The van der Waals surface area contributed by atoms with Crippen LogP contribution in [0.15, 0.2) is 93.2 Å². The zero-order valence-corrected chi connectivity index (χ0v) is 21.3. The highest BCUT2D eigenvalue weighted by atomic mass is 32.2. The number of aryl methyl sites for hydroxylation is 1. The van der Waals surface area contributed by atoms with Gasteiger partial charge in [0.25, 0.3) is 15.9 Å². The number of carbonyl (C=O) groups excluding carboxylic acids is 1. The Bertz CT molecular complexity index is 1350. The number of anilines is 1. The first-order chi connectivity index (χ1) is 16.1. The van der Waals surface area contributed by atoms with E-state index in [0.717, 1.165) is 28.7 Å². The number of para-hydroxylation sites is 1. The van der Waals surface area contributed by atoms with Crippen LogP contribution in [0.2, 0.25) is 0 Å². The standard InChI is InChI=1S/C26H27N3O3S2/c1-6-17-29-24(30)22(33-25(29)27-34(31,32)19-13-11-18(2)12-14-19)15-16-23-26(3,4)20-9-7-8-10-21(20)28(23)5/h6-16H,1,17H2,2-5H3. The fourth-order valence-electron chi connectivity index (χ4n) is 4.20. The minimum absolute atomic E-state index is 0.0869. The van der Waals surface area contributed by atoms with Gasteiger partial charge in [-0.3, -0.25) is 9.69 Å². The first-order valence-electron chi connectivity index (χ1n) is 10.8. The molecule has 0 radical (unpaired) electrons. The number of carbonyl (C=O) groups is 1. The monoisotopic (exact) mass is 493 g/mol. The van der Waals surface area contributed by atoms with Crippen LogP contribution in [0.5, 0.6) is 0 Å². The van der Waals surface area contributed by atoms with Crippen LogP contribution >= 0.6 is 11.8 Å². The smallest absolute Gasteiger partial charge is 0.284 e. The van der Waals surface area contributed by atoms with Crippen LogP contribution < -0.4 is 4.90 Å². The fraction of sp³-hybridized carbons (Fsp3) is 0.231. The lowest BCUT2D eigenvalue weighted by molar-refractivity contribution is -0.121. The van der Waals surface area contributed by atoms with E-state index < -0.39 is 10.0 Å². The number of likely N-dealkylation sites (N-methyl/N-ethyl adjacent to an activating group) is 1. The normalized spacial score (nSPS) is 21.1. The Morgan fingerprint density at radius 3 is 2.41 bits per heavy atom. The first-order valence-corrected chi connectivity index (χ1v) is 13.1. The Balaban J connectivity index is 1.70. The number of thioether (sulfide) groups is 1. The molecule has 4 rings (SSSR count). The van der Waals surface area contributed by atoms with Crippen LogP contribution in [0, 0.1) is 6.92 Å². The van der Waals surface area contributed by atoms with Gasteiger partial charge in [0.2, 0.25) is 0 Å². The second kappa shape index (κ2) is 8.92. The first kappa shape index (κ1) is 24.0. The highest BCUT2D eigenvalue weighted by Gasteiger charge is 2.38. The largest absolute Gasteiger partial charge is 0.347 e. The van der Waals surface area contributed by atoms with Crippen molar-refractivity contribution in [2.75, 3.05) is 18.5 Å². The SMILES string of the molecule is C=CCN1C(=O)C(=CC=C2N(C)c3ccccc3C2(C)C)SC1=NS(=O)(=O)c1ccc(C)cc1. The van der Waals surface area contributed by atoms with Crippen molar-refractivity contribution in [1.82, 2.24) is 4.90 Å². The van der Waals surface area contributed by atoms with Gasteiger partial charge in [0.15, 0.2) is 5.17 Å². The minimum Gasteiger partial charge on any atom is -0.347 e. The molecule has 0 spiro atoms. The van der Waals surface area contributed by atoms with E-state index in [4.69, 9.17) is 0 Å². The molecular weight excluding hydrogens is 466 g/mol. The number of hydrogen-bond donors (Lipinski definition) is 0. The van der Waals surface area contributed by atoms with E-state index in [0.29, 0.717) is 4.91 Å². The number of nitrogens with zero attached hydrogens (tertiary/aromatic N) is 3. The van der Waals surface area contributed by atoms with Gasteiger partial charge < -0.3 is 4.90 Å². The lowest BCUT2D eigenvalue weighted by atomic mass is 9.84. The molecule has 0 atom stereocenters. The molecule has 0 aromatic heterocycles. The van der Waals surface area contributed by atoms with Crippen molar-refractivity contribution in [3.8, 4) is 0 Å². The van der Waals surface area contributed by atoms with Crippen LogP contribution in [-0.4, -0.2) is 38.0 Å². The zero-order chi connectivity index (χ0) is 24.7. The lowest BCUT2D eigenvalue weighted by Crippen LogP contribution is -2.29. The predicted molar refractivity (Wildman–Crippen MR) is 139 cm³/mol. The van der Waals surface area contributed by atoms with Crippen LogP contribution in [-0.2, 0) is 20.2 Å². The molecule has 176 valence electrons. The maximum atomic E-state index is 13.1. The van der Waals surface area contributed by atoms with Crippen molar-refractivity contribution in [3.05, 3.63) is 95.1 Å². The van der Waals surface area contributed by atoms with Gasteiger partial charge in [-0.1, -0.05) is 55.8 Å². The van der Waals surface area contributed by atoms with Crippen LogP contribution in [0.3, 0.4) is 0 Å². The average molecular weight is 494 g/mol. The average Bonchev–Trinajstić information content (AvgIpc) is 3.18. The van der Waals surface area contributed by atoms with Crippen molar-refractivity contribution in [3.63, 3.8) is 0 Å². The second-order valence-electron chi connectivity index (χ2n) is 8.75. The van der Waals surface area contributed by atoms with Gasteiger partial charge in [-0.25, -0.2) is 0 Å². The van der Waals surface area contributed by atoms with Gasteiger partial charge >= 0.3 is 0 Å². The van der Waals surface area contributed by atoms with E-state index in [1.54, 1.807) is 24.3 Å². The molecule has 0 aliphatic carbocycles. The van der Waals surface area contributed by atoms with Crippen LogP contribution in [0.25, 0.3) is 0 Å². The third-order valence-electron chi connectivity index (χ3n) is 6.05. The van der Waals surface area contributed by atoms with E-state index in [1.165, 1.54) is 22.6 Å². The molecule has 6 nitrogen and oxygen atoms in total. The number of sulfonamides is 1. The maximum absolute atomic E-state index is 13.1. The number of rotatable bonds is 5. The van der Waals surface area contributed by atoms with E-state index in [9.17, 15) is 13.2 Å². The predicted octanol–water partition coefficient (Wildman–Crippen LogP) is 5.00. The van der Waals surface area contributed by atoms with Gasteiger partial charge in [0, 0.05) is 30.4 Å². The molecule has 2 aromatic carbocycles. The van der Waals surface area contributed by atoms with E-state index in [-0.39, 0.29) is 27.9 Å². The van der Waals surface area contributed by atoms with Crippen LogP contribution in [0.1, 0.15) is 25.0 Å². The summed E-state index contributed by atoms with van der Waals surface area (Å²) in [4.78, 5) is 17.1. The molecule has 2 aliphatic heterocycles. The van der Waals surface area contributed by atoms with Gasteiger partial charge in [0.1, 0.15) is 0 Å². The number of allylic oxidation sites excluding steroid dienone is 3. The Morgan fingerprint density at radius 1 is 1.09 bits per heavy atom. The summed E-state index contributed by atoms with van der Waals surface area (Å²) in [5, 5.41) is 0.123. The number of amides is 1. The molecule has 34 heavy (non-hydrogen) atoms. The topological polar surface area (TPSA) is 70.1 Å². The minimum atomic E-state index is -3.96. The van der Waals surface area contributed by atoms with Crippen molar-refractivity contribution >= 4 is 38.5 Å². The van der Waals surface area contributed by atoms with Crippen molar-refractivity contribution in [1.29, 1.82) is 0 Å². The summed E-state index contributed by atoms with van der Waals surface area (Å²) in [6.45, 7) is 10.0. The summed E-state index contributed by atoms with van der Waals surface area (Å²) >= 11 is 1.06. The lowest BCUT2D eigenvalue weighted by Gasteiger charge is -2.23. The van der Waals surface area contributed by atoms with Crippen molar-refractivity contribution in [2.45, 2.75) is 31.1 Å². The molecular formula is C26H27N3O3S2. The van der Waals surface area contributed by atoms with E-state index >= 15 is 0 Å². The van der Waals surface area contributed by atoms with Crippen molar-refractivity contribution in [2.24, 2.45) is 4.40 Å². The van der Waals surface area contributed by atoms with Gasteiger partial charge in [0.05, 0.1) is 9.80 Å². The molecule has 1 amide bonds. The van der Waals surface area contributed by atoms with Crippen molar-refractivity contribution < 1.29 is 13.2 Å². The molecule has 0 saturated carbocycles. The molecule has 2 aliphatic rings. The molecule has 0 unspecified atom stereocenters. The molecule has 0 N–H and O–H groups in total. The zero-order valence-electron chi connectivity index (χ0n) is 19.6. The summed E-state index contributed by atoms with van der Waals surface area (Å²) in [7, 11) is -1.96. The number of hydrogen-bond acceptors (Lipinski definition) is 5. The van der Waals surface area contributed by atoms with E-state index in [2.05, 4.69) is 41.9 Å². The van der Waals surface area contributed by atoms with Gasteiger partial charge in [-0.2, -0.15) is 8.42 Å². The summed E-state index contributed by atoms with van der Waals surface area (Å²) in [6, 6.07) is 14.7. The number of fused-ring (bicyclic) bond motifs is 1. The fourth-order valence-corrected chi connectivity index (χ4v) is 6.33. The Morgan fingerprint density at radius 2 is 1.76 bits per heavy atom. The number of amidine groups is 1. The van der Waals surface area contributed by atoms with Gasteiger partial charge in [-0.15, -0.1) is 11.0 Å². The summed E-state index contributed by atoms with van der Waals surface area (Å²) in [6.07, 6.45) is 5.24. The summed E-state index contributed by atoms with van der Waals surface area (Å²) < 4.78 is 29.8. The quantitative estimate of drug-likeness (QED) is 0.433. The summed E-state index contributed by atoms with van der Waals surface area (Å²) in [5.74, 6) is -0.296. The van der Waals surface area contributed by atoms with E-state index in [1.807, 2.05) is 32.2 Å². The Labute approximate surface area is 205 Å². The van der Waals surface area contributed by atoms with Crippen LogP contribution in [0.4, 0.5) is 5.69 Å². The highest BCUT2D eigenvalue weighted by molar-refractivity contribution is 8.19. The summed E-state index contributed by atoms with van der Waals surface area (Å²) in [5.41, 5.74) is 4.10. The third kappa shape index (κ3) is 4.23. The molecule has 1 fully saturated rings. The molecule has 2 aromatic rings. The molecule has 0 bridgehead atoms. The second-order valence-corrected chi connectivity index (χ2v) is 11.4. The Kier molecular flexibility index (Phi) is 6.31. The Hall–Kier alpha value is -3.10. The van der Waals surface area contributed by atoms with Gasteiger partial charge in [-0.05, 0) is 54.6 Å². The number of benzene rings is 2. The highest BCUT2D eigenvalue weighted by Crippen LogP contribution is 2.46. The molecule has 2 heterocycles. The molecule has 8 heteroatoms. The third-order valence-corrected chi connectivity index (χ3v) is 8.47.